The summed E-state index contributed by atoms with van der Waals surface area (Å²) in [5, 5.41) is 15.1. The second-order valence-corrected chi connectivity index (χ2v) is 6.14. The predicted molar refractivity (Wildman–Crippen MR) is 86.4 cm³/mol. The Morgan fingerprint density at radius 1 is 1.23 bits per heavy atom. The molecule has 2 fully saturated rings. The third kappa shape index (κ3) is 2.26. The topological polar surface area (TPSA) is 65.5 Å². The zero-order chi connectivity index (χ0) is 15.1. The van der Waals surface area contributed by atoms with Gasteiger partial charge in [0.2, 0.25) is 0 Å². The first-order valence-corrected chi connectivity index (χ1v) is 7.88. The monoisotopic (exact) mass is 297 g/mol. The van der Waals surface area contributed by atoms with Crippen LogP contribution in [0.15, 0.2) is 30.5 Å². The Kier molecular flexibility index (Phi) is 3.13. The Morgan fingerprint density at radius 2 is 2.09 bits per heavy atom. The van der Waals surface area contributed by atoms with Crippen LogP contribution in [0.5, 0.6) is 0 Å². The number of hydrogen-bond donors (Lipinski definition) is 2. The molecular formula is C17H19N3O2. The number of fused-ring (bicyclic) bond motifs is 1. The molecule has 2 heterocycles. The van der Waals surface area contributed by atoms with E-state index in [1.165, 1.54) is 12.8 Å². The Bertz CT molecular complexity index is 727. The molecule has 1 aliphatic heterocycles. The lowest BCUT2D eigenvalue weighted by Gasteiger charge is -2.24. The van der Waals surface area contributed by atoms with Gasteiger partial charge in [-0.2, -0.15) is 0 Å². The summed E-state index contributed by atoms with van der Waals surface area (Å²) in [6, 6.07) is 8.27. The van der Waals surface area contributed by atoms with Gasteiger partial charge in [0, 0.05) is 35.2 Å². The molecular weight excluding hydrogens is 278 g/mol. The van der Waals surface area contributed by atoms with Crippen molar-refractivity contribution in [3.05, 3.63) is 30.5 Å². The molecule has 1 saturated carbocycles. The van der Waals surface area contributed by atoms with Gasteiger partial charge in [0.1, 0.15) is 11.9 Å². The molecule has 2 aromatic rings. The number of hydrogen-bond acceptors (Lipinski definition) is 4. The van der Waals surface area contributed by atoms with E-state index in [0.29, 0.717) is 12.5 Å². The molecule has 1 atom stereocenters. The van der Waals surface area contributed by atoms with E-state index in [9.17, 15) is 9.90 Å². The number of nitrogens with one attached hydrogen (secondary N) is 1. The Labute approximate surface area is 129 Å². The fourth-order valence-corrected chi connectivity index (χ4v) is 3.27. The molecule has 114 valence electrons. The van der Waals surface area contributed by atoms with Gasteiger partial charge in [-0.05, 0) is 37.8 Å². The summed E-state index contributed by atoms with van der Waals surface area (Å²) in [6.07, 6.45) is 5.82. The van der Waals surface area contributed by atoms with Gasteiger partial charge in [-0.3, -0.25) is 0 Å². The van der Waals surface area contributed by atoms with Gasteiger partial charge in [0.05, 0.1) is 0 Å². The average molecular weight is 297 g/mol. The zero-order valence-corrected chi connectivity index (χ0v) is 12.3. The quantitative estimate of drug-likeness (QED) is 0.908. The summed E-state index contributed by atoms with van der Waals surface area (Å²) >= 11 is 0. The molecule has 22 heavy (non-hydrogen) atoms. The third-order valence-electron chi connectivity index (χ3n) is 4.53. The van der Waals surface area contributed by atoms with Crippen molar-refractivity contribution >= 4 is 28.2 Å². The van der Waals surface area contributed by atoms with Crippen LogP contribution in [0, 0.1) is 0 Å². The molecule has 0 bridgehead atoms. The summed E-state index contributed by atoms with van der Waals surface area (Å²) in [5.41, 5.74) is 1.12. The molecule has 2 N–H and O–H groups in total. The van der Waals surface area contributed by atoms with Crippen molar-refractivity contribution in [1.29, 1.82) is 0 Å². The molecule has 0 spiro atoms. The van der Waals surface area contributed by atoms with Crippen molar-refractivity contribution in [3.63, 3.8) is 0 Å². The first-order chi connectivity index (χ1) is 10.7. The number of rotatable bonds is 4. The van der Waals surface area contributed by atoms with Crippen LogP contribution in [0.4, 0.5) is 11.5 Å². The number of carbonyl (C=O) groups is 1. The summed E-state index contributed by atoms with van der Waals surface area (Å²) in [4.78, 5) is 17.9. The lowest BCUT2D eigenvalue weighted by molar-refractivity contribution is -0.138. The van der Waals surface area contributed by atoms with Crippen molar-refractivity contribution in [3.8, 4) is 0 Å². The first-order valence-electron chi connectivity index (χ1n) is 7.88. The minimum absolute atomic E-state index is 0.460. The van der Waals surface area contributed by atoms with Crippen LogP contribution in [0.3, 0.4) is 0 Å². The normalized spacial score (nSPS) is 21.3. The molecule has 2 aliphatic rings. The highest BCUT2D eigenvalue weighted by atomic mass is 16.4. The number of pyridine rings is 1. The van der Waals surface area contributed by atoms with Crippen LogP contribution >= 0.6 is 0 Å². The summed E-state index contributed by atoms with van der Waals surface area (Å²) < 4.78 is 0. The van der Waals surface area contributed by atoms with Gasteiger partial charge >= 0.3 is 5.97 Å². The predicted octanol–water partition coefficient (Wildman–Crippen LogP) is 2.86. The van der Waals surface area contributed by atoms with E-state index in [1.807, 2.05) is 23.1 Å². The summed E-state index contributed by atoms with van der Waals surface area (Å²) in [7, 11) is 0. The molecule has 5 heteroatoms. The Morgan fingerprint density at radius 3 is 2.86 bits per heavy atom. The molecule has 1 aromatic carbocycles. The van der Waals surface area contributed by atoms with E-state index in [2.05, 4.69) is 16.4 Å². The number of benzene rings is 1. The highest BCUT2D eigenvalue weighted by Crippen LogP contribution is 2.35. The molecule has 1 unspecified atom stereocenters. The number of carboxylic acid groups (broad SMARTS) is 1. The van der Waals surface area contributed by atoms with E-state index >= 15 is 0 Å². The van der Waals surface area contributed by atoms with Crippen molar-refractivity contribution in [2.45, 2.75) is 37.8 Å². The molecule has 4 rings (SSSR count). The maximum Gasteiger partial charge on any atom is 0.326 e. The number of aliphatic carboxylic acids is 1. The number of nitrogens with zero attached hydrogens (tertiary/aromatic N) is 2. The number of aromatic nitrogens is 1. The van der Waals surface area contributed by atoms with Crippen LogP contribution in [0.25, 0.3) is 10.8 Å². The molecule has 0 amide bonds. The molecule has 1 aliphatic carbocycles. The van der Waals surface area contributed by atoms with E-state index in [4.69, 9.17) is 0 Å². The van der Waals surface area contributed by atoms with Crippen molar-refractivity contribution in [2.75, 3.05) is 16.8 Å². The second-order valence-electron chi connectivity index (χ2n) is 6.14. The van der Waals surface area contributed by atoms with Gasteiger partial charge in [-0.25, -0.2) is 9.78 Å². The van der Waals surface area contributed by atoms with Crippen LogP contribution < -0.4 is 10.2 Å². The van der Waals surface area contributed by atoms with E-state index in [0.717, 1.165) is 35.2 Å². The minimum Gasteiger partial charge on any atom is -0.480 e. The van der Waals surface area contributed by atoms with Crippen molar-refractivity contribution < 1.29 is 9.90 Å². The fourth-order valence-electron chi connectivity index (χ4n) is 3.27. The molecule has 1 saturated heterocycles. The van der Waals surface area contributed by atoms with E-state index in [1.54, 1.807) is 6.20 Å². The highest BCUT2D eigenvalue weighted by Gasteiger charge is 2.32. The molecule has 5 nitrogen and oxygen atoms in total. The van der Waals surface area contributed by atoms with E-state index < -0.39 is 12.0 Å². The highest BCUT2D eigenvalue weighted by molar-refractivity contribution is 6.01. The maximum atomic E-state index is 11.5. The van der Waals surface area contributed by atoms with Crippen LogP contribution in [-0.4, -0.2) is 34.7 Å². The maximum absolute atomic E-state index is 11.5. The van der Waals surface area contributed by atoms with Crippen molar-refractivity contribution in [2.24, 2.45) is 0 Å². The van der Waals surface area contributed by atoms with Crippen LogP contribution in [0.2, 0.25) is 0 Å². The lowest BCUT2D eigenvalue weighted by atomic mass is 10.1. The van der Waals surface area contributed by atoms with Gasteiger partial charge in [-0.15, -0.1) is 0 Å². The zero-order valence-electron chi connectivity index (χ0n) is 12.3. The number of carboxylic acids is 1. The van der Waals surface area contributed by atoms with Gasteiger partial charge < -0.3 is 15.3 Å². The Hall–Kier alpha value is -2.30. The van der Waals surface area contributed by atoms with Gasteiger partial charge in [0.15, 0.2) is 0 Å². The minimum atomic E-state index is -0.761. The lowest BCUT2D eigenvalue weighted by Crippen LogP contribution is -2.36. The molecule has 1 aromatic heterocycles. The average Bonchev–Trinajstić information content (AvgIpc) is 3.19. The van der Waals surface area contributed by atoms with Crippen molar-refractivity contribution in [1.82, 2.24) is 4.98 Å². The second kappa shape index (κ2) is 5.16. The SMILES string of the molecule is O=C(O)C1CCCN1c1nccc2c(NC3CC3)cccc12. The number of anilines is 2. The Balaban J connectivity index is 1.79. The first kappa shape index (κ1) is 13.4. The fraction of sp³-hybridized carbons (Fsp3) is 0.412. The summed E-state index contributed by atoms with van der Waals surface area (Å²) in [5.74, 6) is 0.0328. The molecule has 0 radical (unpaired) electrons. The van der Waals surface area contributed by atoms with Crippen LogP contribution in [-0.2, 0) is 4.79 Å². The third-order valence-corrected chi connectivity index (χ3v) is 4.53. The van der Waals surface area contributed by atoms with Gasteiger partial charge in [-0.1, -0.05) is 12.1 Å². The largest absolute Gasteiger partial charge is 0.480 e. The summed E-state index contributed by atoms with van der Waals surface area (Å²) in [6.45, 7) is 0.753. The van der Waals surface area contributed by atoms with E-state index in [-0.39, 0.29) is 0 Å². The smallest absolute Gasteiger partial charge is 0.326 e. The van der Waals surface area contributed by atoms with Gasteiger partial charge in [0.25, 0.3) is 0 Å². The standard InChI is InChI=1S/C17H19N3O2/c21-17(22)15-5-2-10-20(15)16-13-3-1-4-14(19-11-6-7-11)12(13)8-9-18-16/h1,3-4,8-9,11,15,19H,2,5-7,10H2,(H,21,22). The van der Waals surface area contributed by atoms with Crippen LogP contribution in [0.1, 0.15) is 25.7 Å².